The van der Waals surface area contributed by atoms with Crippen LogP contribution in [0.4, 0.5) is 0 Å². The molecule has 22 heavy (non-hydrogen) atoms. The molecule has 2 N–H and O–H groups in total. The standard InChI is InChI=1S/C18H17ClO3/c19-16-3-1-2-13(10-16)17(20)14-7-12(6-11-4-5-11)8-15(9-14)18(21)22/h1-3,7-11,17,20H,4-6H2,(H,21,22). The van der Waals surface area contributed by atoms with E-state index in [9.17, 15) is 15.0 Å². The molecule has 0 bridgehead atoms. The van der Waals surface area contributed by atoms with Crippen LogP contribution in [0.25, 0.3) is 0 Å². The third-order valence-electron chi connectivity index (χ3n) is 3.96. The van der Waals surface area contributed by atoms with Gasteiger partial charge >= 0.3 is 5.97 Å². The van der Waals surface area contributed by atoms with E-state index in [2.05, 4.69) is 0 Å². The molecule has 0 aromatic heterocycles. The van der Waals surface area contributed by atoms with Crippen LogP contribution in [0.1, 0.15) is 46.0 Å². The van der Waals surface area contributed by atoms with Crippen molar-refractivity contribution in [1.82, 2.24) is 0 Å². The molecule has 1 unspecified atom stereocenters. The van der Waals surface area contributed by atoms with Crippen LogP contribution in [0.3, 0.4) is 0 Å². The molecule has 0 heterocycles. The van der Waals surface area contributed by atoms with E-state index in [1.807, 2.05) is 6.07 Å². The van der Waals surface area contributed by atoms with E-state index in [-0.39, 0.29) is 5.56 Å². The molecule has 2 aromatic carbocycles. The molecule has 1 fully saturated rings. The minimum absolute atomic E-state index is 0.217. The SMILES string of the molecule is O=C(O)c1cc(CC2CC2)cc(C(O)c2cccc(Cl)c2)c1. The lowest BCUT2D eigenvalue weighted by Gasteiger charge is -2.14. The number of carbonyl (C=O) groups is 1. The van der Waals surface area contributed by atoms with Gasteiger partial charge in [0, 0.05) is 5.02 Å². The van der Waals surface area contributed by atoms with Crippen molar-refractivity contribution >= 4 is 17.6 Å². The van der Waals surface area contributed by atoms with Crippen LogP contribution in [0.2, 0.25) is 5.02 Å². The maximum Gasteiger partial charge on any atom is 0.335 e. The topological polar surface area (TPSA) is 57.5 Å². The van der Waals surface area contributed by atoms with Crippen molar-refractivity contribution in [3.8, 4) is 0 Å². The van der Waals surface area contributed by atoms with Gasteiger partial charge in [0.15, 0.2) is 0 Å². The summed E-state index contributed by atoms with van der Waals surface area (Å²) < 4.78 is 0. The molecule has 1 aliphatic carbocycles. The normalized spacial score (nSPS) is 15.5. The Hall–Kier alpha value is -1.84. The molecule has 3 nitrogen and oxygen atoms in total. The van der Waals surface area contributed by atoms with Gasteiger partial charge in [0.25, 0.3) is 0 Å². The van der Waals surface area contributed by atoms with Gasteiger partial charge in [0.1, 0.15) is 6.10 Å². The summed E-state index contributed by atoms with van der Waals surface area (Å²) in [6.07, 6.45) is 2.39. The molecule has 114 valence electrons. The summed E-state index contributed by atoms with van der Waals surface area (Å²) >= 11 is 5.96. The molecular formula is C18H17ClO3. The van der Waals surface area contributed by atoms with Gasteiger partial charge in [0.05, 0.1) is 5.56 Å². The number of benzene rings is 2. The fourth-order valence-electron chi connectivity index (χ4n) is 2.64. The molecule has 0 amide bonds. The van der Waals surface area contributed by atoms with Gasteiger partial charge in [-0.15, -0.1) is 0 Å². The molecule has 4 heteroatoms. The highest BCUT2D eigenvalue weighted by Gasteiger charge is 2.23. The second-order valence-corrected chi connectivity index (χ2v) is 6.31. The van der Waals surface area contributed by atoms with Gasteiger partial charge in [-0.3, -0.25) is 0 Å². The van der Waals surface area contributed by atoms with E-state index in [4.69, 9.17) is 11.6 Å². The number of rotatable bonds is 5. The molecule has 0 radical (unpaired) electrons. The first-order valence-corrected chi connectivity index (χ1v) is 7.71. The van der Waals surface area contributed by atoms with Gasteiger partial charge in [-0.05, 0) is 66.1 Å². The Labute approximate surface area is 134 Å². The summed E-state index contributed by atoms with van der Waals surface area (Å²) in [5.74, 6) is -0.322. The minimum Gasteiger partial charge on any atom is -0.478 e. The molecule has 3 rings (SSSR count). The van der Waals surface area contributed by atoms with E-state index in [0.29, 0.717) is 22.1 Å². The zero-order valence-electron chi connectivity index (χ0n) is 12.0. The van der Waals surface area contributed by atoms with Crippen molar-refractivity contribution in [3.63, 3.8) is 0 Å². The molecule has 0 aliphatic heterocycles. The number of halogens is 1. The van der Waals surface area contributed by atoms with E-state index in [0.717, 1.165) is 12.0 Å². The van der Waals surface area contributed by atoms with Crippen LogP contribution in [-0.2, 0) is 6.42 Å². The van der Waals surface area contributed by atoms with Gasteiger partial charge in [-0.2, -0.15) is 0 Å². The molecule has 0 spiro atoms. The fourth-order valence-corrected chi connectivity index (χ4v) is 2.84. The predicted octanol–water partition coefficient (Wildman–Crippen LogP) is 4.07. The Morgan fingerprint density at radius 2 is 1.95 bits per heavy atom. The minimum atomic E-state index is -0.975. The number of aromatic carboxylic acids is 1. The zero-order valence-corrected chi connectivity index (χ0v) is 12.8. The van der Waals surface area contributed by atoms with Crippen molar-refractivity contribution in [1.29, 1.82) is 0 Å². The van der Waals surface area contributed by atoms with Gasteiger partial charge in [-0.1, -0.05) is 29.8 Å². The van der Waals surface area contributed by atoms with Crippen molar-refractivity contribution in [3.05, 3.63) is 69.7 Å². The number of aliphatic hydroxyl groups is 1. The van der Waals surface area contributed by atoms with Crippen molar-refractivity contribution in [2.75, 3.05) is 0 Å². The number of hydrogen-bond acceptors (Lipinski definition) is 2. The highest BCUT2D eigenvalue weighted by molar-refractivity contribution is 6.30. The van der Waals surface area contributed by atoms with Crippen molar-refractivity contribution < 1.29 is 15.0 Å². The molecular weight excluding hydrogens is 300 g/mol. The van der Waals surface area contributed by atoms with E-state index in [1.54, 1.807) is 30.3 Å². The third-order valence-corrected chi connectivity index (χ3v) is 4.20. The first-order valence-electron chi connectivity index (χ1n) is 7.33. The van der Waals surface area contributed by atoms with Crippen LogP contribution in [0.5, 0.6) is 0 Å². The van der Waals surface area contributed by atoms with Crippen LogP contribution in [0, 0.1) is 5.92 Å². The average molecular weight is 317 g/mol. The second-order valence-electron chi connectivity index (χ2n) is 5.87. The largest absolute Gasteiger partial charge is 0.478 e. The first-order chi connectivity index (χ1) is 10.5. The highest BCUT2D eigenvalue weighted by atomic mass is 35.5. The summed E-state index contributed by atoms with van der Waals surface area (Å²) in [4.78, 5) is 11.3. The number of carboxylic acid groups (broad SMARTS) is 1. The smallest absolute Gasteiger partial charge is 0.335 e. The summed E-state index contributed by atoms with van der Waals surface area (Å²) in [6, 6.07) is 12.1. The zero-order chi connectivity index (χ0) is 15.7. The third kappa shape index (κ3) is 3.49. The van der Waals surface area contributed by atoms with E-state index >= 15 is 0 Å². The van der Waals surface area contributed by atoms with Crippen LogP contribution >= 0.6 is 11.6 Å². The fraction of sp³-hybridized carbons (Fsp3) is 0.278. The Kier molecular flexibility index (Phi) is 4.19. The molecule has 1 atom stereocenters. The van der Waals surface area contributed by atoms with E-state index in [1.165, 1.54) is 18.9 Å². The summed E-state index contributed by atoms with van der Waals surface area (Å²) in [5.41, 5.74) is 2.44. The number of hydrogen-bond donors (Lipinski definition) is 2. The Morgan fingerprint density at radius 1 is 1.18 bits per heavy atom. The first kappa shape index (κ1) is 15.1. The van der Waals surface area contributed by atoms with E-state index < -0.39 is 12.1 Å². The highest BCUT2D eigenvalue weighted by Crippen LogP contribution is 2.34. The Morgan fingerprint density at radius 3 is 2.59 bits per heavy atom. The number of aliphatic hydroxyl groups excluding tert-OH is 1. The Balaban J connectivity index is 1.96. The van der Waals surface area contributed by atoms with Crippen LogP contribution in [0.15, 0.2) is 42.5 Å². The van der Waals surface area contributed by atoms with Crippen molar-refractivity contribution in [2.24, 2.45) is 5.92 Å². The lowest BCUT2D eigenvalue weighted by molar-refractivity contribution is 0.0696. The molecule has 1 aliphatic rings. The maximum atomic E-state index is 11.3. The van der Waals surface area contributed by atoms with Gasteiger partial charge in [-0.25, -0.2) is 4.79 Å². The summed E-state index contributed by atoms with van der Waals surface area (Å²) in [7, 11) is 0. The predicted molar refractivity (Wildman–Crippen MR) is 85.3 cm³/mol. The average Bonchev–Trinajstić information content (AvgIpc) is 3.30. The lowest BCUT2D eigenvalue weighted by Crippen LogP contribution is -2.05. The second kappa shape index (κ2) is 6.11. The lowest BCUT2D eigenvalue weighted by atomic mass is 9.95. The van der Waals surface area contributed by atoms with Crippen molar-refractivity contribution in [2.45, 2.75) is 25.4 Å². The summed E-state index contributed by atoms with van der Waals surface area (Å²) in [5, 5.41) is 20.4. The quantitative estimate of drug-likeness (QED) is 0.874. The maximum absolute atomic E-state index is 11.3. The molecule has 1 saturated carbocycles. The number of carboxylic acids is 1. The van der Waals surface area contributed by atoms with Crippen LogP contribution < -0.4 is 0 Å². The monoisotopic (exact) mass is 316 g/mol. The summed E-state index contributed by atoms with van der Waals surface area (Å²) in [6.45, 7) is 0. The van der Waals surface area contributed by atoms with Crippen LogP contribution in [-0.4, -0.2) is 16.2 Å². The van der Waals surface area contributed by atoms with Gasteiger partial charge < -0.3 is 10.2 Å². The van der Waals surface area contributed by atoms with Gasteiger partial charge in [0.2, 0.25) is 0 Å². The molecule has 2 aromatic rings. The molecule has 0 saturated heterocycles. The Bertz CT molecular complexity index is 707.